The molecule has 5 nitrogen and oxygen atoms in total. The van der Waals surface area contributed by atoms with Gasteiger partial charge in [0.25, 0.3) is 5.78 Å². The van der Waals surface area contributed by atoms with Gasteiger partial charge in [-0.15, -0.1) is 10.2 Å². The highest BCUT2D eigenvalue weighted by Gasteiger charge is 2.25. The first-order chi connectivity index (χ1) is 9.43. The molecule has 5 heteroatoms. The fraction of sp³-hybridized carbons (Fsp3) is 0.214. The molecule has 1 unspecified atom stereocenters. The lowest BCUT2D eigenvalue weighted by atomic mass is 9.90. The van der Waals surface area contributed by atoms with Crippen molar-refractivity contribution in [2.45, 2.75) is 12.5 Å². The van der Waals surface area contributed by atoms with Crippen molar-refractivity contribution < 1.29 is 0 Å². The maximum absolute atomic E-state index is 4.33. The lowest BCUT2D eigenvalue weighted by Gasteiger charge is -2.25. The molecule has 2 aromatic heterocycles. The summed E-state index contributed by atoms with van der Waals surface area (Å²) in [6.45, 7) is 1.80. The fourth-order valence-corrected chi connectivity index (χ4v) is 2.72. The minimum atomic E-state index is 0.226. The largest absolute Gasteiger partial charge is 0.312 e. The molecule has 0 fully saturated rings. The Bertz CT molecular complexity index is 733. The van der Waals surface area contributed by atoms with E-state index in [0.29, 0.717) is 5.78 Å². The topological polar surface area (TPSA) is 55.1 Å². The Hall–Kier alpha value is -2.27. The van der Waals surface area contributed by atoms with E-state index >= 15 is 0 Å². The number of hydrogen-bond donors (Lipinski definition) is 1. The quantitative estimate of drug-likeness (QED) is 0.709. The van der Waals surface area contributed by atoms with Gasteiger partial charge in [-0.2, -0.15) is 0 Å². The first-order valence-electron chi connectivity index (χ1n) is 6.37. The van der Waals surface area contributed by atoms with Crippen molar-refractivity contribution in [3.05, 3.63) is 59.7 Å². The SMILES string of the molecule is c1ccc2c(c1)CNCC2c1nnc2ncccn12. The van der Waals surface area contributed by atoms with Crippen molar-refractivity contribution in [1.29, 1.82) is 0 Å². The molecule has 1 N–H and O–H groups in total. The number of hydrogen-bond acceptors (Lipinski definition) is 4. The van der Waals surface area contributed by atoms with Crippen LogP contribution < -0.4 is 5.32 Å². The van der Waals surface area contributed by atoms with Crippen LogP contribution in [0.5, 0.6) is 0 Å². The van der Waals surface area contributed by atoms with Crippen LogP contribution in [0.25, 0.3) is 5.78 Å². The Morgan fingerprint density at radius 3 is 3.11 bits per heavy atom. The molecule has 0 bridgehead atoms. The summed E-state index contributed by atoms with van der Waals surface area (Å²) in [5.74, 6) is 1.83. The first-order valence-corrected chi connectivity index (χ1v) is 6.37. The molecule has 19 heavy (non-hydrogen) atoms. The second-order valence-electron chi connectivity index (χ2n) is 4.73. The lowest BCUT2D eigenvalue weighted by Crippen LogP contribution is -2.29. The zero-order valence-corrected chi connectivity index (χ0v) is 10.3. The third-order valence-electron chi connectivity index (χ3n) is 3.62. The van der Waals surface area contributed by atoms with Crippen LogP contribution in [0.3, 0.4) is 0 Å². The molecule has 1 aliphatic rings. The molecule has 1 aromatic carbocycles. The summed E-state index contributed by atoms with van der Waals surface area (Å²) < 4.78 is 1.97. The van der Waals surface area contributed by atoms with Gasteiger partial charge in [-0.25, -0.2) is 4.98 Å². The second kappa shape index (κ2) is 4.13. The normalized spacial score (nSPS) is 18.4. The van der Waals surface area contributed by atoms with Gasteiger partial charge in [-0.05, 0) is 17.2 Å². The summed E-state index contributed by atoms with van der Waals surface area (Å²) in [5.41, 5.74) is 2.67. The molecule has 3 heterocycles. The lowest BCUT2D eigenvalue weighted by molar-refractivity contribution is 0.568. The molecular formula is C14H13N5. The highest BCUT2D eigenvalue weighted by atomic mass is 15.3. The molecule has 94 valence electrons. The summed E-state index contributed by atoms with van der Waals surface area (Å²) >= 11 is 0. The van der Waals surface area contributed by atoms with E-state index in [4.69, 9.17) is 0 Å². The Morgan fingerprint density at radius 1 is 1.16 bits per heavy atom. The van der Waals surface area contributed by atoms with E-state index in [1.165, 1.54) is 11.1 Å². The average molecular weight is 251 g/mol. The highest BCUT2D eigenvalue weighted by Crippen LogP contribution is 2.28. The highest BCUT2D eigenvalue weighted by molar-refractivity contribution is 5.39. The number of rotatable bonds is 1. The molecule has 0 saturated heterocycles. The standard InChI is InChI=1S/C14H13N5/c1-2-5-11-10(4-1)8-15-9-12(11)13-17-18-14-16-6-3-7-19(13)14/h1-7,12,15H,8-9H2. The van der Waals surface area contributed by atoms with Gasteiger partial charge in [-0.3, -0.25) is 4.40 Å². The number of fused-ring (bicyclic) bond motifs is 2. The fourth-order valence-electron chi connectivity index (χ4n) is 2.72. The van der Waals surface area contributed by atoms with Crippen LogP contribution in [0, 0.1) is 0 Å². The van der Waals surface area contributed by atoms with Crippen molar-refractivity contribution in [3.8, 4) is 0 Å². The molecule has 1 aliphatic heterocycles. The van der Waals surface area contributed by atoms with Crippen LogP contribution in [0.15, 0.2) is 42.7 Å². The van der Waals surface area contributed by atoms with Gasteiger partial charge in [0, 0.05) is 25.5 Å². The van der Waals surface area contributed by atoms with Crippen molar-refractivity contribution in [2.75, 3.05) is 6.54 Å². The van der Waals surface area contributed by atoms with E-state index in [-0.39, 0.29) is 5.92 Å². The molecular weight excluding hydrogens is 238 g/mol. The minimum Gasteiger partial charge on any atom is -0.312 e. The zero-order chi connectivity index (χ0) is 12.7. The molecule has 0 radical (unpaired) electrons. The molecule has 0 amide bonds. The maximum Gasteiger partial charge on any atom is 0.254 e. The van der Waals surface area contributed by atoms with Crippen molar-refractivity contribution >= 4 is 5.78 Å². The van der Waals surface area contributed by atoms with E-state index in [2.05, 4.69) is 44.8 Å². The van der Waals surface area contributed by atoms with Crippen LogP contribution >= 0.6 is 0 Å². The van der Waals surface area contributed by atoms with E-state index < -0.39 is 0 Å². The molecule has 0 aliphatic carbocycles. The van der Waals surface area contributed by atoms with Gasteiger partial charge >= 0.3 is 0 Å². The van der Waals surface area contributed by atoms with Crippen LogP contribution in [-0.4, -0.2) is 26.1 Å². The predicted octanol–water partition coefficient (Wildman–Crippen LogP) is 1.36. The average Bonchev–Trinajstić information content (AvgIpc) is 2.90. The number of nitrogens with zero attached hydrogens (tertiary/aromatic N) is 4. The van der Waals surface area contributed by atoms with E-state index in [9.17, 15) is 0 Å². The Kier molecular flexibility index (Phi) is 2.31. The smallest absolute Gasteiger partial charge is 0.254 e. The summed E-state index contributed by atoms with van der Waals surface area (Å²) in [6.07, 6.45) is 3.70. The van der Waals surface area contributed by atoms with Gasteiger partial charge in [0.05, 0.1) is 5.92 Å². The number of nitrogens with one attached hydrogen (secondary N) is 1. The third kappa shape index (κ3) is 1.62. The van der Waals surface area contributed by atoms with E-state index in [0.717, 1.165) is 18.9 Å². The molecule has 0 saturated carbocycles. The molecule has 1 atom stereocenters. The van der Waals surface area contributed by atoms with Gasteiger partial charge in [-0.1, -0.05) is 24.3 Å². The summed E-state index contributed by atoms with van der Waals surface area (Å²) in [4.78, 5) is 4.22. The third-order valence-corrected chi connectivity index (χ3v) is 3.62. The van der Waals surface area contributed by atoms with Crippen LogP contribution in [0.4, 0.5) is 0 Å². The Morgan fingerprint density at radius 2 is 2.11 bits per heavy atom. The van der Waals surface area contributed by atoms with Crippen LogP contribution in [0.1, 0.15) is 22.9 Å². The van der Waals surface area contributed by atoms with E-state index in [1.807, 2.05) is 16.7 Å². The van der Waals surface area contributed by atoms with Crippen molar-refractivity contribution in [2.24, 2.45) is 0 Å². The van der Waals surface area contributed by atoms with Gasteiger partial charge in [0.1, 0.15) is 5.82 Å². The molecule has 3 aromatic rings. The first kappa shape index (κ1) is 10.6. The Labute approximate surface area is 110 Å². The maximum atomic E-state index is 4.33. The van der Waals surface area contributed by atoms with Gasteiger partial charge in [0.15, 0.2) is 0 Å². The zero-order valence-electron chi connectivity index (χ0n) is 10.3. The number of benzene rings is 1. The van der Waals surface area contributed by atoms with Crippen molar-refractivity contribution in [3.63, 3.8) is 0 Å². The van der Waals surface area contributed by atoms with E-state index in [1.54, 1.807) is 6.20 Å². The second-order valence-corrected chi connectivity index (χ2v) is 4.73. The Balaban J connectivity index is 1.90. The van der Waals surface area contributed by atoms with Gasteiger partial charge < -0.3 is 5.32 Å². The predicted molar refractivity (Wildman–Crippen MR) is 70.8 cm³/mol. The summed E-state index contributed by atoms with van der Waals surface area (Å²) in [7, 11) is 0. The van der Waals surface area contributed by atoms with Crippen molar-refractivity contribution in [1.82, 2.24) is 24.9 Å². The van der Waals surface area contributed by atoms with Gasteiger partial charge in [0.2, 0.25) is 0 Å². The van der Waals surface area contributed by atoms with Crippen LogP contribution in [0.2, 0.25) is 0 Å². The molecule has 4 rings (SSSR count). The van der Waals surface area contributed by atoms with Crippen LogP contribution in [-0.2, 0) is 6.54 Å². The minimum absolute atomic E-state index is 0.226. The number of aromatic nitrogens is 4. The summed E-state index contributed by atoms with van der Waals surface area (Å²) in [5, 5.41) is 11.9. The molecule has 0 spiro atoms. The summed E-state index contributed by atoms with van der Waals surface area (Å²) in [6, 6.07) is 10.4. The monoisotopic (exact) mass is 251 g/mol.